The Bertz CT molecular complexity index is 246. The monoisotopic (exact) mass is 152 g/mol. The SMILES string of the molecule is CNc1ccc(N)c(NC)n1. The zero-order valence-electron chi connectivity index (χ0n) is 6.68. The number of rotatable bonds is 2. The van der Waals surface area contributed by atoms with Gasteiger partial charge in [-0.05, 0) is 12.1 Å². The maximum atomic E-state index is 5.60. The summed E-state index contributed by atoms with van der Waals surface area (Å²) in [5.74, 6) is 1.51. The lowest BCUT2D eigenvalue weighted by Gasteiger charge is -2.05. The Morgan fingerprint density at radius 1 is 1.27 bits per heavy atom. The zero-order chi connectivity index (χ0) is 8.27. The van der Waals surface area contributed by atoms with Crippen LogP contribution in [-0.4, -0.2) is 19.1 Å². The first-order chi connectivity index (χ1) is 5.27. The van der Waals surface area contributed by atoms with Crippen molar-refractivity contribution in [2.24, 2.45) is 0 Å². The zero-order valence-corrected chi connectivity index (χ0v) is 6.68. The standard InChI is InChI=1S/C7H12N4/c1-9-6-4-3-5(8)7(10-2)11-6/h3-4H,8H2,1-2H3,(H2,9,10,11). The molecule has 0 radical (unpaired) electrons. The molecule has 1 rings (SSSR count). The van der Waals surface area contributed by atoms with Gasteiger partial charge in [-0.15, -0.1) is 0 Å². The maximum absolute atomic E-state index is 5.60. The number of nitrogen functional groups attached to an aromatic ring is 1. The van der Waals surface area contributed by atoms with Crippen LogP contribution in [0.3, 0.4) is 0 Å². The van der Waals surface area contributed by atoms with Gasteiger partial charge in [-0.2, -0.15) is 0 Å². The summed E-state index contributed by atoms with van der Waals surface area (Å²) in [6, 6.07) is 3.64. The van der Waals surface area contributed by atoms with Crippen LogP contribution >= 0.6 is 0 Å². The molecule has 0 aliphatic rings. The molecule has 4 heteroatoms. The van der Waals surface area contributed by atoms with Gasteiger partial charge in [0.2, 0.25) is 0 Å². The van der Waals surface area contributed by atoms with Crippen molar-refractivity contribution in [3.8, 4) is 0 Å². The highest BCUT2D eigenvalue weighted by Crippen LogP contribution is 2.16. The maximum Gasteiger partial charge on any atom is 0.151 e. The van der Waals surface area contributed by atoms with Gasteiger partial charge in [-0.3, -0.25) is 0 Å². The predicted octanol–water partition coefficient (Wildman–Crippen LogP) is 0.747. The average Bonchev–Trinajstić information content (AvgIpc) is 2.05. The van der Waals surface area contributed by atoms with Crippen LogP contribution in [0.25, 0.3) is 0 Å². The summed E-state index contributed by atoms with van der Waals surface area (Å²) in [6.45, 7) is 0. The highest BCUT2D eigenvalue weighted by molar-refractivity contribution is 5.63. The van der Waals surface area contributed by atoms with E-state index in [2.05, 4.69) is 15.6 Å². The quantitative estimate of drug-likeness (QED) is 0.585. The van der Waals surface area contributed by atoms with Crippen molar-refractivity contribution in [2.75, 3.05) is 30.5 Å². The Kier molecular flexibility index (Phi) is 2.15. The third-order valence-electron chi connectivity index (χ3n) is 1.42. The molecule has 4 N–H and O–H groups in total. The molecule has 60 valence electrons. The molecule has 0 amide bonds. The molecule has 1 heterocycles. The lowest BCUT2D eigenvalue weighted by molar-refractivity contribution is 1.26. The van der Waals surface area contributed by atoms with E-state index in [0.29, 0.717) is 11.5 Å². The number of aromatic nitrogens is 1. The fraction of sp³-hybridized carbons (Fsp3) is 0.286. The first-order valence-electron chi connectivity index (χ1n) is 3.40. The van der Waals surface area contributed by atoms with E-state index in [0.717, 1.165) is 5.82 Å². The van der Waals surface area contributed by atoms with E-state index in [-0.39, 0.29) is 0 Å². The topological polar surface area (TPSA) is 63.0 Å². The van der Waals surface area contributed by atoms with Gasteiger partial charge in [0, 0.05) is 14.1 Å². The molecule has 0 saturated carbocycles. The van der Waals surface area contributed by atoms with Gasteiger partial charge in [0.25, 0.3) is 0 Å². The molecule has 4 nitrogen and oxygen atoms in total. The predicted molar refractivity (Wildman–Crippen MR) is 47.7 cm³/mol. The van der Waals surface area contributed by atoms with Crippen molar-refractivity contribution in [2.45, 2.75) is 0 Å². The number of hydrogen-bond acceptors (Lipinski definition) is 4. The third-order valence-corrected chi connectivity index (χ3v) is 1.42. The smallest absolute Gasteiger partial charge is 0.151 e. The van der Waals surface area contributed by atoms with Crippen molar-refractivity contribution >= 4 is 17.3 Å². The van der Waals surface area contributed by atoms with Gasteiger partial charge in [0.05, 0.1) is 5.69 Å². The van der Waals surface area contributed by atoms with Gasteiger partial charge in [-0.1, -0.05) is 0 Å². The Labute approximate surface area is 65.8 Å². The largest absolute Gasteiger partial charge is 0.396 e. The molecule has 0 aliphatic carbocycles. The fourth-order valence-corrected chi connectivity index (χ4v) is 0.809. The summed E-state index contributed by atoms with van der Waals surface area (Å²) in [6.07, 6.45) is 0. The van der Waals surface area contributed by atoms with Crippen molar-refractivity contribution in [1.29, 1.82) is 0 Å². The van der Waals surface area contributed by atoms with Crippen molar-refractivity contribution < 1.29 is 0 Å². The summed E-state index contributed by atoms with van der Waals surface area (Å²) >= 11 is 0. The van der Waals surface area contributed by atoms with E-state index in [4.69, 9.17) is 5.73 Å². The minimum Gasteiger partial charge on any atom is -0.396 e. The minimum absolute atomic E-state index is 0.659. The molecule has 0 aromatic carbocycles. The Hall–Kier alpha value is -1.45. The first-order valence-corrected chi connectivity index (χ1v) is 3.40. The molecule has 1 aromatic rings. The van der Waals surface area contributed by atoms with E-state index < -0.39 is 0 Å². The normalized spacial score (nSPS) is 9.27. The molecule has 0 bridgehead atoms. The molecule has 0 fully saturated rings. The summed E-state index contributed by atoms with van der Waals surface area (Å²) < 4.78 is 0. The second kappa shape index (κ2) is 3.09. The van der Waals surface area contributed by atoms with Gasteiger partial charge < -0.3 is 16.4 Å². The van der Waals surface area contributed by atoms with E-state index in [9.17, 15) is 0 Å². The molecule has 1 aromatic heterocycles. The van der Waals surface area contributed by atoms with Crippen LogP contribution in [0.1, 0.15) is 0 Å². The Morgan fingerprint density at radius 3 is 2.55 bits per heavy atom. The van der Waals surface area contributed by atoms with Gasteiger partial charge in [-0.25, -0.2) is 4.98 Å². The molecule has 0 unspecified atom stereocenters. The lowest BCUT2D eigenvalue weighted by Crippen LogP contribution is -2.01. The Morgan fingerprint density at radius 2 is 2.00 bits per heavy atom. The van der Waals surface area contributed by atoms with Crippen LogP contribution < -0.4 is 16.4 Å². The van der Waals surface area contributed by atoms with Crippen LogP contribution in [-0.2, 0) is 0 Å². The Balaban J connectivity index is 3.02. The number of nitrogens with two attached hydrogens (primary N) is 1. The average molecular weight is 152 g/mol. The molecule has 0 spiro atoms. The third kappa shape index (κ3) is 1.52. The van der Waals surface area contributed by atoms with Crippen molar-refractivity contribution in [3.63, 3.8) is 0 Å². The lowest BCUT2D eigenvalue weighted by atomic mass is 10.4. The summed E-state index contributed by atoms with van der Waals surface area (Å²) in [5.41, 5.74) is 6.26. The second-order valence-corrected chi connectivity index (χ2v) is 2.13. The summed E-state index contributed by atoms with van der Waals surface area (Å²) in [4.78, 5) is 4.16. The highest BCUT2D eigenvalue weighted by atomic mass is 15.0. The van der Waals surface area contributed by atoms with Crippen LogP contribution in [0.4, 0.5) is 17.3 Å². The molecule has 0 atom stereocenters. The van der Waals surface area contributed by atoms with Crippen LogP contribution in [0.5, 0.6) is 0 Å². The number of anilines is 3. The molecular weight excluding hydrogens is 140 g/mol. The first kappa shape index (κ1) is 7.65. The van der Waals surface area contributed by atoms with Crippen molar-refractivity contribution in [3.05, 3.63) is 12.1 Å². The van der Waals surface area contributed by atoms with E-state index >= 15 is 0 Å². The van der Waals surface area contributed by atoms with Crippen LogP contribution in [0.2, 0.25) is 0 Å². The van der Waals surface area contributed by atoms with Gasteiger partial charge >= 0.3 is 0 Å². The van der Waals surface area contributed by atoms with E-state index in [1.807, 2.05) is 19.2 Å². The van der Waals surface area contributed by atoms with E-state index in [1.165, 1.54) is 0 Å². The van der Waals surface area contributed by atoms with Crippen LogP contribution in [0.15, 0.2) is 12.1 Å². The molecule has 0 aliphatic heterocycles. The molecule has 0 saturated heterocycles. The van der Waals surface area contributed by atoms with E-state index in [1.54, 1.807) is 7.05 Å². The number of nitrogens with zero attached hydrogens (tertiary/aromatic N) is 1. The summed E-state index contributed by atoms with van der Waals surface area (Å²) in [5, 5.41) is 5.82. The molecule has 11 heavy (non-hydrogen) atoms. The molecular formula is C7H12N4. The van der Waals surface area contributed by atoms with Crippen LogP contribution in [0, 0.1) is 0 Å². The van der Waals surface area contributed by atoms with Gasteiger partial charge in [0.1, 0.15) is 5.82 Å². The number of nitrogens with one attached hydrogen (secondary N) is 2. The fourth-order valence-electron chi connectivity index (χ4n) is 0.809. The highest BCUT2D eigenvalue weighted by Gasteiger charge is 1.97. The van der Waals surface area contributed by atoms with Crippen molar-refractivity contribution in [1.82, 2.24) is 4.98 Å². The minimum atomic E-state index is 0.659. The summed E-state index contributed by atoms with van der Waals surface area (Å²) in [7, 11) is 3.61. The van der Waals surface area contributed by atoms with Gasteiger partial charge in [0.15, 0.2) is 5.82 Å². The number of hydrogen-bond donors (Lipinski definition) is 3. The second-order valence-electron chi connectivity index (χ2n) is 2.13. The number of pyridine rings is 1.